The maximum Gasteiger partial charge on any atom is 0.164 e. The van der Waals surface area contributed by atoms with Crippen LogP contribution >= 0.6 is 0 Å². The number of carbonyl (C=O) groups excluding carboxylic acids is 1. The van der Waals surface area contributed by atoms with Crippen LogP contribution in [0.2, 0.25) is 0 Å². The van der Waals surface area contributed by atoms with E-state index in [1.54, 1.807) is 0 Å². The molecule has 12 rings (SSSR count). The van der Waals surface area contributed by atoms with E-state index in [0.717, 1.165) is 62.2 Å². The van der Waals surface area contributed by atoms with Gasteiger partial charge in [0.1, 0.15) is 0 Å². The molecule has 0 spiro atoms. The number of benzene rings is 9. The fourth-order valence-electron chi connectivity index (χ4n) is 9.92. The zero-order valence-electron chi connectivity index (χ0n) is 35.8. The first kappa shape index (κ1) is 38.2. The van der Waals surface area contributed by atoms with Crippen LogP contribution in [0.4, 0.5) is 11.4 Å². The first-order valence-electron chi connectivity index (χ1n) is 22.0. The summed E-state index contributed by atoms with van der Waals surface area (Å²) in [7, 11) is 0. The summed E-state index contributed by atoms with van der Waals surface area (Å²) in [5.74, 6) is 1.80. The Hall–Kier alpha value is -8.48. The Kier molecular flexibility index (Phi) is 8.88. The van der Waals surface area contributed by atoms with E-state index < -0.39 is 0 Å². The third kappa shape index (κ3) is 6.33. The van der Waals surface area contributed by atoms with Crippen molar-refractivity contribution in [3.05, 3.63) is 217 Å². The molecule has 0 saturated carbocycles. The minimum atomic E-state index is -0.174. The summed E-state index contributed by atoms with van der Waals surface area (Å²) < 4.78 is 2.35. The molecule has 6 nitrogen and oxygen atoms in total. The van der Waals surface area contributed by atoms with Crippen molar-refractivity contribution >= 4 is 50.2 Å². The molecule has 0 saturated heterocycles. The fraction of sp³-hybridized carbons (Fsp3) is 0.0508. The van der Waals surface area contributed by atoms with Crippen LogP contribution in [0.25, 0.3) is 94.7 Å². The highest BCUT2D eigenvalue weighted by molar-refractivity contribution is 6.13. The minimum Gasteiger partial charge on any atom is -0.355 e. The summed E-state index contributed by atoms with van der Waals surface area (Å²) >= 11 is 0. The second kappa shape index (κ2) is 15.1. The average molecular weight is 836 g/mol. The van der Waals surface area contributed by atoms with E-state index >= 15 is 0 Å². The number of aromatic nitrogens is 4. The Morgan fingerprint density at radius 1 is 0.477 bits per heavy atom. The van der Waals surface area contributed by atoms with Crippen LogP contribution in [0.5, 0.6) is 0 Å². The Morgan fingerprint density at radius 2 is 1.06 bits per heavy atom. The van der Waals surface area contributed by atoms with E-state index in [2.05, 4.69) is 163 Å². The number of nitrogens with zero attached hydrogens (tertiary/aromatic N) is 4. The van der Waals surface area contributed by atoms with Crippen LogP contribution in [0.3, 0.4) is 0 Å². The summed E-state index contributed by atoms with van der Waals surface area (Å²) in [5.41, 5.74) is 15.1. The van der Waals surface area contributed by atoms with Crippen molar-refractivity contribution in [2.45, 2.75) is 19.3 Å². The van der Waals surface area contributed by atoms with Gasteiger partial charge in [-0.05, 0) is 111 Å². The van der Waals surface area contributed by atoms with Gasteiger partial charge in [0.15, 0.2) is 23.8 Å². The zero-order valence-corrected chi connectivity index (χ0v) is 35.8. The molecule has 2 heterocycles. The van der Waals surface area contributed by atoms with Crippen molar-refractivity contribution in [3.8, 4) is 62.1 Å². The normalized spacial score (nSPS) is 12.6. The molecule has 0 atom stereocenters. The number of carbonyl (C=O) groups is 1. The highest BCUT2D eigenvalue weighted by atomic mass is 16.1. The van der Waals surface area contributed by atoms with Crippen molar-refractivity contribution in [1.29, 1.82) is 0 Å². The molecule has 0 bridgehead atoms. The highest BCUT2D eigenvalue weighted by Crippen LogP contribution is 2.51. The number of hydrogen-bond acceptors (Lipinski definition) is 5. The van der Waals surface area contributed by atoms with Gasteiger partial charge in [0.05, 0.1) is 11.0 Å². The van der Waals surface area contributed by atoms with Crippen LogP contribution in [0.1, 0.15) is 35.3 Å². The first-order chi connectivity index (χ1) is 31.9. The molecule has 1 aliphatic rings. The van der Waals surface area contributed by atoms with E-state index in [1.807, 2.05) is 60.7 Å². The van der Waals surface area contributed by atoms with Crippen LogP contribution in [0, 0.1) is 0 Å². The summed E-state index contributed by atoms with van der Waals surface area (Å²) in [6.07, 6.45) is 0.906. The predicted molar refractivity (Wildman–Crippen MR) is 266 cm³/mol. The molecule has 65 heavy (non-hydrogen) atoms. The van der Waals surface area contributed by atoms with E-state index in [4.69, 9.17) is 15.0 Å². The number of para-hydroxylation sites is 2. The summed E-state index contributed by atoms with van der Waals surface area (Å²) in [4.78, 5) is 27.7. The summed E-state index contributed by atoms with van der Waals surface area (Å²) in [6, 6.07) is 69.5. The molecule has 0 fully saturated rings. The number of anilines is 2. The molecule has 0 aliphatic heterocycles. The topological polar surface area (TPSA) is 72.7 Å². The van der Waals surface area contributed by atoms with E-state index in [-0.39, 0.29) is 5.41 Å². The Bertz CT molecular complexity index is 3680. The molecule has 0 unspecified atom stereocenters. The molecule has 1 aliphatic carbocycles. The third-order valence-electron chi connectivity index (χ3n) is 13.1. The van der Waals surface area contributed by atoms with E-state index in [1.165, 1.54) is 43.8 Å². The molecule has 1 N–H and O–H groups in total. The number of hydrogen-bond donors (Lipinski definition) is 1. The SMILES string of the molecule is CC1(C)c2ccccc2-c2c(-c3nc(-c4ccc(Nc5ccccc5-c5ccccc5C=O)cc4)nc(-c4ccc(-n5c6ccccc6c6cc7ccccc7cc65)cc4)n3)cccc21. The molecule has 9 aromatic carbocycles. The van der Waals surface area contributed by atoms with Gasteiger partial charge in [-0.25, -0.2) is 15.0 Å². The summed E-state index contributed by atoms with van der Waals surface area (Å²) in [6.45, 7) is 4.59. The summed E-state index contributed by atoms with van der Waals surface area (Å²) in [5, 5.41) is 8.48. The van der Waals surface area contributed by atoms with Crippen LogP contribution in [0.15, 0.2) is 200 Å². The molecular weight excluding hydrogens is 795 g/mol. The average Bonchev–Trinajstić information content (AvgIpc) is 3.80. The molecular formula is C59H41N5O. The van der Waals surface area contributed by atoms with Gasteiger partial charge in [-0.2, -0.15) is 0 Å². The predicted octanol–water partition coefficient (Wildman–Crippen LogP) is 14.7. The second-order valence-corrected chi connectivity index (χ2v) is 17.3. The van der Waals surface area contributed by atoms with Gasteiger partial charge in [-0.1, -0.05) is 141 Å². The standard InChI is InChI=1S/C59H41N5O/c1-59(2)50-22-10-7-20-47(50)55-48(21-13-23-51(55)59)58-62-56(37-26-30-42(31-27-37)60-52-24-11-8-18-45(52)44-17-6-5-16-41(44)36-65)61-57(63-58)38-28-32-43(33-29-38)64-53-25-12-9-19-46(53)49-34-39-14-3-4-15-40(39)35-54(49)64/h3-36,60H,1-2H3. The lowest BCUT2D eigenvalue weighted by Gasteiger charge is -2.21. The molecule has 6 heteroatoms. The van der Waals surface area contributed by atoms with Crippen LogP contribution < -0.4 is 5.32 Å². The van der Waals surface area contributed by atoms with Crippen molar-refractivity contribution in [1.82, 2.24) is 19.5 Å². The van der Waals surface area contributed by atoms with Gasteiger partial charge in [0, 0.05) is 61.1 Å². The van der Waals surface area contributed by atoms with Crippen molar-refractivity contribution in [2.24, 2.45) is 0 Å². The number of fused-ring (bicyclic) bond motifs is 7. The van der Waals surface area contributed by atoms with E-state index in [0.29, 0.717) is 23.0 Å². The molecule has 0 radical (unpaired) electrons. The second-order valence-electron chi connectivity index (χ2n) is 17.3. The van der Waals surface area contributed by atoms with Crippen LogP contribution in [-0.4, -0.2) is 25.8 Å². The van der Waals surface area contributed by atoms with Gasteiger partial charge in [-0.3, -0.25) is 4.79 Å². The lowest BCUT2D eigenvalue weighted by atomic mass is 9.82. The van der Waals surface area contributed by atoms with Crippen LogP contribution in [-0.2, 0) is 5.41 Å². The Balaban J connectivity index is 0.971. The molecule has 2 aromatic heterocycles. The lowest BCUT2D eigenvalue weighted by molar-refractivity contribution is 0.112. The van der Waals surface area contributed by atoms with Gasteiger partial charge in [-0.15, -0.1) is 0 Å². The van der Waals surface area contributed by atoms with Gasteiger partial charge in [0.2, 0.25) is 0 Å². The number of aldehydes is 1. The third-order valence-corrected chi connectivity index (χ3v) is 13.1. The van der Waals surface area contributed by atoms with E-state index in [9.17, 15) is 4.79 Å². The van der Waals surface area contributed by atoms with Crippen molar-refractivity contribution < 1.29 is 4.79 Å². The minimum absolute atomic E-state index is 0.174. The molecule has 308 valence electrons. The zero-order chi connectivity index (χ0) is 43.6. The number of rotatable bonds is 8. The monoisotopic (exact) mass is 835 g/mol. The lowest BCUT2D eigenvalue weighted by Crippen LogP contribution is -2.14. The number of nitrogens with one attached hydrogen (secondary N) is 1. The van der Waals surface area contributed by atoms with Gasteiger partial charge < -0.3 is 9.88 Å². The Morgan fingerprint density at radius 3 is 1.83 bits per heavy atom. The van der Waals surface area contributed by atoms with Gasteiger partial charge >= 0.3 is 0 Å². The maximum absolute atomic E-state index is 12.0. The van der Waals surface area contributed by atoms with Gasteiger partial charge in [0.25, 0.3) is 0 Å². The fourth-order valence-corrected chi connectivity index (χ4v) is 9.92. The first-order valence-corrected chi connectivity index (χ1v) is 22.0. The highest BCUT2D eigenvalue weighted by Gasteiger charge is 2.37. The smallest absolute Gasteiger partial charge is 0.164 e. The van der Waals surface area contributed by atoms with Crippen molar-refractivity contribution in [3.63, 3.8) is 0 Å². The maximum atomic E-state index is 12.0. The molecule has 11 aromatic rings. The van der Waals surface area contributed by atoms with Crippen molar-refractivity contribution in [2.75, 3.05) is 5.32 Å². The largest absolute Gasteiger partial charge is 0.355 e. The Labute approximate surface area is 376 Å². The quantitative estimate of drug-likeness (QED) is 0.154. The molecule has 0 amide bonds.